The van der Waals surface area contributed by atoms with Crippen LogP contribution in [-0.4, -0.2) is 45.8 Å². The van der Waals surface area contributed by atoms with E-state index in [1.807, 2.05) is 0 Å². The van der Waals surface area contributed by atoms with E-state index in [9.17, 15) is 17.6 Å². The molecule has 2 heterocycles. The van der Waals surface area contributed by atoms with Crippen LogP contribution >= 0.6 is 11.6 Å². The summed E-state index contributed by atoms with van der Waals surface area (Å²) in [5.41, 5.74) is 1.19. The fourth-order valence-electron chi connectivity index (χ4n) is 3.80. The molecule has 1 amide bonds. The highest BCUT2D eigenvalue weighted by Crippen LogP contribution is 2.43. The van der Waals surface area contributed by atoms with E-state index in [1.54, 1.807) is 13.0 Å². The van der Waals surface area contributed by atoms with E-state index in [-0.39, 0.29) is 56.8 Å². The van der Waals surface area contributed by atoms with Crippen molar-refractivity contribution in [1.29, 1.82) is 0 Å². The summed E-state index contributed by atoms with van der Waals surface area (Å²) in [6.07, 6.45) is 2.41. The molecule has 0 bridgehead atoms. The number of carbonyl (C=O) groups is 1. The molecule has 2 aromatic heterocycles. The molecular weight excluding hydrogens is 567 g/mol. The summed E-state index contributed by atoms with van der Waals surface area (Å²) >= 11 is 6.67. The molecule has 0 aliphatic rings. The van der Waals surface area contributed by atoms with Crippen molar-refractivity contribution in [2.45, 2.75) is 18.2 Å². The van der Waals surface area contributed by atoms with Crippen molar-refractivity contribution in [3.8, 4) is 28.4 Å². The molecule has 1 N–H and O–H groups in total. The zero-order valence-electron chi connectivity index (χ0n) is 21.8. The van der Waals surface area contributed by atoms with Crippen molar-refractivity contribution in [3.63, 3.8) is 0 Å². The number of hydrogen-bond donors (Lipinski definition) is 1. The van der Waals surface area contributed by atoms with E-state index in [0.29, 0.717) is 11.1 Å². The topological polar surface area (TPSA) is 133 Å². The molecule has 0 saturated heterocycles. The molecule has 0 saturated carbocycles. The molecule has 40 heavy (non-hydrogen) atoms. The lowest BCUT2D eigenvalue weighted by Crippen LogP contribution is -2.26. The quantitative estimate of drug-likeness (QED) is 0.256. The number of benzene rings is 2. The summed E-state index contributed by atoms with van der Waals surface area (Å²) in [4.78, 5) is 18.4. The molecular formula is C26H24ClFN4O7S. The minimum Gasteiger partial charge on any atom is -0.495 e. The van der Waals surface area contributed by atoms with E-state index in [4.69, 9.17) is 25.8 Å². The first-order valence-corrected chi connectivity index (χ1v) is 13.5. The second-order valence-corrected chi connectivity index (χ2v) is 10.2. The zero-order chi connectivity index (χ0) is 29.0. The van der Waals surface area contributed by atoms with Gasteiger partial charge in [-0.05, 0) is 42.0 Å². The van der Waals surface area contributed by atoms with Crippen molar-refractivity contribution in [1.82, 2.24) is 10.1 Å². The van der Waals surface area contributed by atoms with E-state index >= 15 is 0 Å². The predicted molar refractivity (Wildman–Crippen MR) is 145 cm³/mol. The van der Waals surface area contributed by atoms with Crippen molar-refractivity contribution in [2.75, 3.05) is 31.0 Å². The summed E-state index contributed by atoms with van der Waals surface area (Å²) in [6.45, 7) is 1.66. The second-order valence-electron chi connectivity index (χ2n) is 8.12. The third-order valence-electron chi connectivity index (χ3n) is 5.75. The molecule has 210 valence electrons. The van der Waals surface area contributed by atoms with Gasteiger partial charge in [0.2, 0.25) is 11.7 Å². The first-order valence-electron chi connectivity index (χ1n) is 11.6. The highest BCUT2D eigenvalue weighted by Gasteiger charge is 2.25. The van der Waals surface area contributed by atoms with Gasteiger partial charge in [0, 0.05) is 24.2 Å². The highest BCUT2D eigenvalue weighted by atomic mass is 35.5. The number of pyridine rings is 1. The maximum Gasteiger partial charge on any atom is 0.264 e. The summed E-state index contributed by atoms with van der Waals surface area (Å²) in [5, 5.41) is 3.73. The predicted octanol–water partition coefficient (Wildman–Crippen LogP) is 5.43. The SMILES string of the molecule is CCC(=O)N(c1ccc(S(=O)(=O)Nc2ccon2)cn1)c1cc(Cl)c(-c2cc(OC)c(F)c(OC)c2)cc1OC. The summed E-state index contributed by atoms with van der Waals surface area (Å²) < 4.78 is 62.6. The number of carbonyl (C=O) groups excluding carboxylic acids is 1. The van der Waals surface area contributed by atoms with Crippen molar-refractivity contribution in [3.05, 3.63) is 65.8 Å². The number of sulfonamides is 1. The summed E-state index contributed by atoms with van der Waals surface area (Å²) in [6, 6.07) is 10.0. The Balaban J connectivity index is 1.77. The minimum atomic E-state index is -4.02. The molecule has 2 aromatic carbocycles. The number of amides is 1. The van der Waals surface area contributed by atoms with Gasteiger partial charge in [0.15, 0.2) is 17.3 Å². The Labute approximate surface area is 234 Å². The van der Waals surface area contributed by atoms with Crippen LogP contribution in [0.3, 0.4) is 0 Å². The number of aromatic nitrogens is 2. The Kier molecular flexibility index (Phi) is 8.45. The molecule has 4 aromatic rings. The maximum atomic E-state index is 14.5. The van der Waals surface area contributed by atoms with Gasteiger partial charge in [-0.15, -0.1) is 0 Å². The number of methoxy groups -OCH3 is 3. The van der Waals surface area contributed by atoms with E-state index in [2.05, 4.69) is 19.4 Å². The molecule has 14 heteroatoms. The van der Waals surface area contributed by atoms with E-state index in [0.717, 1.165) is 6.20 Å². The highest BCUT2D eigenvalue weighted by molar-refractivity contribution is 7.92. The Hall–Kier alpha value is -4.36. The molecule has 4 rings (SSSR count). The first-order chi connectivity index (χ1) is 19.1. The number of halogens is 2. The van der Waals surface area contributed by atoms with E-state index < -0.39 is 15.8 Å². The van der Waals surface area contributed by atoms with Gasteiger partial charge in [0.05, 0.1) is 32.0 Å². The first kappa shape index (κ1) is 28.6. The number of anilines is 3. The minimum absolute atomic E-state index is 0.00252. The fraction of sp³-hybridized carbons (Fsp3) is 0.192. The number of rotatable bonds is 10. The van der Waals surface area contributed by atoms with Crippen molar-refractivity contribution in [2.24, 2.45) is 0 Å². The van der Waals surface area contributed by atoms with Crippen LogP contribution in [0.15, 0.2) is 64.3 Å². The smallest absolute Gasteiger partial charge is 0.264 e. The zero-order valence-corrected chi connectivity index (χ0v) is 23.3. The van der Waals surface area contributed by atoms with Gasteiger partial charge in [0.25, 0.3) is 10.0 Å². The molecule has 0 aliphatic heterocycles. The van der Waals surface area contributed by atoms with E-state index in [1.165, 1.54) is 68.9 Å². The van der Waals surface area contributed by atoms with Crippen LogP contribution in [-0.2, 0) is 14.8 Å². The van der Waals surface area contributed by atoms with Gasteiger partial charge in [-0.2, -0.15) is 4.39 Å². The number of nitrogens with zero attached hydrogens (tertiary/aromatic N) is 3. The van der Waals surface area contributed by atoms with Crippen LogP contribution in [0, 0.1) is 5.82 Å². The lowest BCUT2D eigenvalue weighted by atomic mass is 10.0. The largest absolute Gasteiger partial charge is 0.495 e. The third-order valence-corrected chi connectivity index (χ3v) is 7.41. The molecule has 0 unspecified atom stereocenters. The molecule has 11 nitrogen and oxygen atoms in total. The van der Waals surface area contributed by atoms with Gasteiger partial charge in [-0.3, -0.25) is 14.4 Å². The van der Waals surface area contributed by atoms with Gasteiger partial charge in [-0.25, -0.2) is 13.4 Å². The third kappa shape index (κ3) is 5.65. The lowest BCUT2D eigenvalue weighted by molar-refractivity contribution is -0.117. The number of ether oxygens (including phenoxy) is 3. The number of hydrogen-bond acceptors (Lipinski definition) is 9. The fourth-order valence-corrected chi connectivity index (χ4v) is 5.00. The molecule has 0 aliphatic carbocycles. The van der Waals surface area contributed by atoms with Crippen LogP contribution in [0.5, 0.6) is 17.2 Å². The van der Waals surface area contributed by atoms with Crippen LogP contribution in [0.4, 0.5) is 21.7 Å². The van der Waals surface area contributed by atoms with Crippen molar-refractivity contribution < 1.29 is 36.3 Å². The molecule has 0 spiro atoms. The van der Waals surface area contributed by atoms with Gasteiger partial charge in [0.1, 0.15) is 22.7 Å². The summed E-state index contributed by atoms with van der Waals surface area (Å²) in [5.74, 6) is -0.754. The average Bonchev–Trinajstić information content (AvgIpc) is 3.46. The van der Waals surface area contributed by atoms with Crippen LogP contribution in [0.25, 0.3) is 11.1 Å². The van der Waals surface area contributed by atoms with Gasteiger partial charge >= 0.3 is 0 Å². The molecule has 0 fully saturated rings. The van der Waals surface area contributed by atoms with Crippen LogP contribution in [0.1, 0.15) is 13.3 Å². The molecule has 0 atom stereocenters. The standard InChI is InChI=1S/C26H24ClFN4O7S/c1-5-25(33)32(24-7-6-16(14-29-24)40(34,35)31-23-8-9-39-30-23)19-13-18(27)17(12-20(19)36-2)15-10-21(37-3)26(28)22(11-15)38-4/h6-14H,5H2,1-4H3,(H,30,31). The Morgan fingerprint density at radius 1 is 1.05 bits per heavy atom. The van der Waals surface area contributed by atoms with Gasteiger partial charge in [-0.1, -0.05) is 23.7 Å². The Bertz CT molecular complexity index is 1610. The Morgan fingerprint density at radius 3 is 2.25 bits per heavy atom. The Morgan fingerprint density at radius 2 is 1.73 bits per heavy atom. The lowest BCUT2D eigenvalue weighted by Gasteiger charge is -2.25. The summed E-state index contributed by atoms with van der Waals surface area (Å²) in [7, 11) is 0.0513. The maximum absolute atomic E-state index is 14.5. The van der Waals surface area contributed by atoms with Crippen LogP contribution < -0.4 is 23.8 Å². The number of nitrogens with one attached hydrogen (secondary N) is 1. The second kappa shape index (κ2) is 11.8. The monoisotopic (exact) mass is 590 g/mol. The molecule has 0 radical (unpaired) electrons. The van der Waals surface area contributed by atoms with Crippen LogP contribution in [0.2, 0.25) is 5.02 Å². The normalized spacial score (nSPS) is 11.2. The average molecular weight is 591 g/mol. The van der Waals surface area contributed by atoms with Gasteiger partial charge < -0.3 is 18.7 Å². The van der Waals surface area contributed by atoms with Crippen molar-refractivity contribution >= 4 is 44.9 Å².